The van der Waals surface area contributed by atoms with E-state index in [4.69, 9.17) is 0 Å². The van der Waals surface area contributed by atoms with Crippen LogP contribution in [0.1, 0.15) is 29.3 Å². The van der Waals surface area contributed by atoms with E-state index < -0.39 is 24.0 Å². The zero-order valence-electron chi connectivity index (χ0n) is 15.0. The number of aromatic nitrogens is 2. The molecule has 1 amide bonds. The third-order valence-corrected chi connectivity index (χ3v) is 4.41. The predicted octanol–water partition coefficient (Wildman–Crippen LogP) is 4.26. The van der Waals surface area contributed by atoms with Crippen molar-refractivity contribution in [1.82, 2.24) is 14.9 Å². The van der Waals surface area contributed by atoms with E-state index >= 15 is 0 Å². The van der Waals surface area contributed by atoms with E-state index in [2.05, 4.69) is 10.3 Å². The Bertz CT molecular complexity index is 950. The predicted molar refractivity (Wildman–Crippen MR) is 97.4 cm³/mol. The van der Waals surface area contributed by atoms with Crippen LogP contribution >= 0.6 is 0 Å². The van der Waals surface area contributed by atoms with Crippen LogP contribution in [0.25, 0.3) is 11.0 Å². The molecule has 4 nitrogen and oxygen atoms in total. The number of carbonyl (C=O) groups excluding carboxylic acids is 1. The Morgan fingerprint density at radius 3 is 2.56 bits per heavy atom. The number of carbonyl (C=O) groups is 1. The number of hydrogen-bond acceptors (Lipinski definition) is 2. The maximum absolute atomic E-state index is 13.2. The van der Waals surface area contributed by atoms with E-state index in [0.29, 0.717) is 5.65 Å². The monoisotopic (exact) mass is 375 g/mol. The molecule has 2 aromatic heterocycles. The molecule has 0 spiro atoms. The average Bonchev–Trinajstić information content (AvgIpc) is 2.94. The first-order chi connectivity index (χ1) is 12.7. The van der Waals surface area contributed by atoms with Gasteiger partial charge in [-0.1, -0.05) is 30.3 Å². The molecule has 0 radical (unpaired) electrons. The number of fused-ring (bicyclic) bond motifs is 1. The number of nitrogens with zero attached hydrogens (tertiary/aromatic N) is 2. The van der Waals surface area contributed by atoms with Crippen molar-refractivity contribution in [1.29, 1.82) is 0 Å². The Balaban J connectivity index is 1.86. The molecule has 1 aromatic carbocycles. The summed E-state index contributed by atoms with van der Waals surface area (Å²) in [6.07, 6.45) is -2.27. The van der Waals surface area contributed by atoms with Gasteiger partial charge in [0.2, 0.25) is 0 Å². The molecular weight excluding hydrogens is 355 g/mol. The highest BCUT2D eigenvalue weighted by Gasteiger charge is 2.40. The zero-order chi connectivity index (χ0) is 19.7. The number of nitrogens with one attached hydrogen (secondary N) is 1. The highest BCUT2D eigenvalue weighted by atomic mass is 19.4. The highest BCUT2D eigenvalue weighted by molar-refractivity contribution is 5.97. The summed E-state index contributed by atoms with van der Waals surface area (Å²) in [4.78, 5) is 16.9. The molecule has 0 bridgehead atoms. The number of halogens is 3. The molecule has 0 aliphatic heterocycles. The molecule has 0 fully saturated rings. The molecule has 27 heavy (non-hydrogen) atoms. The third kappa shape index (κ3) is 4.67. The smallest absolute Gasteiger partial charge is 0.346 e. The van der Waals surface area contributed by atoms with Gasteiger partial charge in [-0.15, -0.1) is 0 Å². The second kappa shape index (κ2) is 7.06. The SMILES string of the molecule is Cn1ccc2cc(C(=O)NC(C)(Cc3ccccc3)CC(F)(F)F)cnc21. The van der Waals surface area contributed by atoms with Crippen LogP contribution in [0, 0.1) is 0 Å². The second-order valence-electron chi connectivity index (χ2n) is 7.03. The minimum atomic E-state index is -4.40. The average molecular weight is 375 g/mol. The van der Waals surface area contributed by atoms with E-state index in [1.54, 1.807) is 47.0 Å². The fourth-order valence-electron chi connectivity index (χ4n) is 3.26. The second-order valence-corrected chi connectivity index (χ2v) is 7.03. The van der Waals surface area contributed by atoms with Crippen LogP contribution in [0.5, 0.6) is 0 Å². The summed E-state index contributed by atoms with van der Waals surface area (Å²) in [5.74, 6) is -0.573. The number of hydrogen-bond donors (Lipinski definition) is 1. The maximum atomic E-state index is 13.2. The number of amides is 1. The van der Waals surface area contributed by atoms with Gasteiger partial charge in [-0.3, -0.25) is 4.79 Å². The molecule has 142 valence electrons. The lowest BCUT2D eigenvalue weighted by Gasteiger charge is -2.32. The number of aryl methyl sites for hydroxylation is 1. The zero-order valence-corrected chi connectivity index (χ0v) is 15.0. The quantitative estimate of drug-likeness (QED) is 0.724. The molecule has 7 heteroatoms. The van der Waals surface area contributed by atoms with Gasteiger partial charge in [0, 0.05) is 24.8 Å². The van der Waals surface area contributed by atoms with Crippen LogP contribution in [-0.2, 0) is 13.5 Å². The van der Waals surface area contributed by atoms with Crippen molar-refractivity contribution in [3.63, 3.8) is 0 Å². The topological polar surface area (TPSA) is 46.9 Å². The lowest BCUT2D eigenvalue weighted by atomic mass is 9.88. The van der Waals surface area contributed by atoms with Gasteiger partial charge in [0.05, 0.1) is 17.5 Å². The molecule has 1 atom stereocenters. The van der Waals surface area contributed by atoms with Crippen LogP contribution in [0.4, 0.5) is 13.2 Å². The standard InChI is InChI=1S/C20H20F3N3O/c1-19(13-20(21,22)23,11-14-6-4-3-5-7-14)25-18(27)16-10-15-8-9-26(2)17(15)24-12-16/h3-10,12H,11,13H2,1-2H3,(H,25,27). The van der Waals surface area contributed by atoms with Gasteiger partial charge in [0.15, 0.2) is 0 Å². The molecule has 1 N–H and O–H groups in total. The van der Waals surface area contributed by atoms with Crippen molar-refractivity contribution >= 4 is 16.9 Å². The van der Waals surface area contributed by atoms with Crippen molar-refractivity contribution in [3.8, 4) is 0 Å². The van der Waals surface area contributed by atoms with Gasteiger partial charge in [-0.2, -0.15) is 13.2 Å². The Kier molecular flexibility index (Phi) is 4.95. The fraction of sp³-hybridized carbons (Fsp3) is 0.300. The first kappa shape index (κ1) is 18.9. The lowest BCUT2D eigenvalue weighted by Crippen LogP contribution is -2.50. The Morgan fingerprint density at radius 2 is 1.89 bits per heavy atom. The molecule has 1 unspecified atom stereocenters. The first-order valence-corrected chi connectivity index (χ1v) is 8.49. The number of pyridine rings is 1. The van der Waals surface area contributed by atoms with Gasteiger partial charge in [-0.05, 0) is 31.0 Å². The van der Waals surface area contributed by atoms with Gasteiger partial charge < -0.3 is 9.88 Å². The van der Waals surface area contributed by atoms with E-state index in [9.17, 15) is 18.0 Å². The van der Waals surface area contributed by atoms with Crippen LogP contribution in [0.15, 0.2) is 54.9 Å². The van der Waals surface area contributed by atoms with Crippen molar-refractivity contribution in [2.24, 2.45) is 7.05 Å². The number of benzene rings is 1. The summed E-state index contributed by atoms with van der Waals surface area (Å²) in [5, 5.41) is 3.34. The summed E-state index contributed by atoms with van der Waals surface area (Å²) < 4.78 is 41.3. The van der Waals surface area contributed by atoms with Crippen LogP contribution < -0.4 is 5.32 Å². The van der Waals surface area contributed by atoms with E-state index in [1.165, 1.54) is 13.1 Å². The summed E-state index contributed by atoms with van der Waals surface area (Å²) in [7, 11) is 1.83. The number of alkyl halides is 3. The summed E-state index contributed by atoms with van der Waals surface area (Å²) >= 11 is 0. The van der Waals surface area contributed by atoms with Crippen molar-refractivity contribution in [2.45, 2.75) is 31.5 Å². The Hall–Kier alpha value is -2.83. The van der Waals surface area contributed by atoms with Crippen molar-refractivity contribution < 1.29 is 18.0 Å². The molecule has 3 rings (SSSR count). The summed E-state index contributed by atoms with van der Waals surface area (Å²) in [6, 6.07) is 12.3. The van der Waals surface area contributed by atoms with Gasteiger partial charge >= 0.3 is 6.18 Å². The van der Waals surface area contributed by atoms with Crippen molar-refractivity contribution in [2.75, 3.05) is 0 Å². The molecule has 2 heterocycles. The minimum Gasteiger partial charge on any atom is -0.346 e. The Labute approximate surface area is 155 Å². The molecule has 0 saturated carbocycles. The van der Waals surface area contributed by atoms with E-state index in [-0.39, 0.29) is 12.0 Å². The van der Waals surface area contributed by atoms with Crippen LogP contribution in [0.2, 0.25) is 0 Å². The van der Waals surface area contributed by atoms with Gasteiger partial charge in [-0.25, -0.2) is 4.98 Å². The van der Waals surface area contributed by atoms with E-state index in [1.807, 2.05) is 13.2 Å². The normalized spacial score (nSPS) is 14.1. The van der Waals surface area contributed by atoms with Crippen LogP contribution in [0.3, 0.4) is 0 Å². The molecule has 0 aliphatic rings. The largest absolute Gasteiger partial charge is 0.391 e. The van der Waals surface area contributed by atoms with Gasteiger partial charge in [0.1, 0.15) is 5.65 Å². The third-order valence-electron chi connectivity index (χ3n) is 4.41. The lowest BCUT2D eigenvalue weighted by molar-refractivity contribution is -0.147. The van der Waals surface area contributed by atoms with Crippen LogP contribution in [-0.4, -0.2) is 27.2 Å². The number of rotatable bonds is 5. The summed E-state index contributed by atoms with van der Waals surface area (Å²) in [6.45, 7) is 1.42. The molecular formula is C20H20F3N3O. The maximum Gasteiger partial charge on any atom is 0.391 e. The molecule has 0 aliphatic carbocycles. The minimum absolute atomic E-state index is 0.0695. The highest BCUT2D eigenvalue weighted by Crippen LogP contribution is 2.30. The first-order valence-electron chi connectivity index (χ1n) is 8.49. The van der Waals surface area contributed by atoms with Crippen molar-refractivity contribution in [3.05, 3.63) is 66.0 Å². The Morgan fingerprint density at radius 1 is 1.19 bits per heavy atom. The van der Waals surface area contributed by atoms with E-state index in [0.717, 1.165) is 10.9 Å². The summed E-state index contributed by atoms with van der Waals surface area (Å²) in [5.41, 5.74) is 0.188. The van der Waals surface area contributed by atoms with Gasteiger partial charge in [0.25, 0.3) is 5.91 Å². The molecule has 3 aromatic rings. The fourth-order valence-corrected chi connectivity index (χ4v) is 3.26. The molecule has 0 saturated heterocycles.